The molecule has 2 aliphatic carbocycles. The second-order valence-electron chi connectivity index (χ2n) is 6.03. The van der Waals surface area contributed by atoms with Crippen molar-refractivity contribution < 1.29 is 14.8 Å². The summed E-state index contributed by atoms with van der Waals surface area (Å²) in [6.07, 6.45) is 4.64. The van der Waals surface area contributed by atoms with Crippen LogP contribution in [-0.2, 0) is 0 Å². The first kappa shape index (κ1) is 13.9. The van der Waals surface area contributed by atoms with Crippen LogP contribution in [0.25, 0.3) is 0 Å². The van der Waals surface area contributed by atoms with Crippen molar-refractivity contribution in [2.45, 2.75) is 25.7 Å². The standard InChI is InChI=1S/C15H18N2O4/c18-15(19)12-2-1-3-13(14(12)17(20)21)16(8-10-4-5-10)9-11-6-7-11/h1-3,10-11H,4-9H2,(H,18,19). The highest BCUT2D eigenvalue weighted by Crippen LogP contribution is 2.39. The summed E-state index contributed by atoms with van der Waals surface area (Å²) < 4.78 is 0. The third kappa shape index (κ3) is 3.15. The Balaban J connectivity index is 1.97. The fraction of sp³-hybridized carbons (Fsp3) is 0.533. The second kappa shape index (κ2) is 5.35. The molecule has 0 amide bonds. The smallest absolute Gasteiger partial charge is 0.342 e. The molecule has 0 unspecified atom stereocenters. The lowest BCUT2D eigenvalue weighted by molar-refractivity contribution is -0.384. The average Bonchev–Trinajstić information content (AvgIpc) is 3.32. The number of rotatable bonds is 7. The predicted octanol–water partition coefficient (Wildman–Crippen LogP) is 2.92. The number of nitrogens with zero attached hydrogens (tertiary/aromatic N) is 2. The van der Waals surface area contributed by atoms with Gasteiger partial charge in [-0.2, -0.15) is 0 Å². The number of anilines is 1. The number of hydrogen-bond acceptors (Lipinski definition) is 4. The van der Waals surface area contributed by atoms with E-state index < -0.39 is 10.9 Å². The number of nitro benzene ring substituents is 1. The summed E-state index contributed by atoms with van der Waals surface area (Å²) in [6.45, 7) is 1.58. The molecule has 0 saturated heterocycles. The van der Waals surface area contributed by atoms with Gasteiger partial charge in [0.05, 0.1) is 4.92 Å². The summed E-state index contributed by atoms with van der Waals surface area (Å²) in [5.41, 5.74) is -0.0425. The average molecular weight is 290 g/mol. The molecule has 1 N–H and O–H groups in total. The lowest BCUT2D eigenvalue weighted by Gasteiger charge is -2.25. The van der Waals surface area contributed by atoms with Gasteiger partial charge in [0.2, 0.25) is 0 Å². The molecule has 112 valence electrons. The lowest BCUT2D eigenvalue weighted by Crippen LogP contribution is -2.29. The fourth-order valence-corrected chi connectivity index (χ4v) is 2.65. The quantitative estimate of drug-likeness (QED) is 0.616. The van der Waals surface area contributed by atoms with Crippen LogP contribution in [0.15, 0.2) is 18.2 Å². The van der Waals surface area contributed by atoms with Gasteiger partial charge in [-0.25, -0.2) is 4.79 Å². The molecular formula is C15H18N2O4. The van der Waals surface area contributed by atoms with Gasteiger partial charge in [-0.1, -0.05) is 6.07 Å². The maximum Gasteiger partial charge on any atom is 0.342 e. The van der Waals surface area contributed by atoms with Gasteiger partial charge in [-0.15, -0.1) is 0 Å². The summed E-state index contributed by atoms with van der Waals surface area (Å²) in [7, 11) is 0. The Morgan fingerprint density at radius 1 is 1.24 bits per heavy atom. The van der Waals surface area contributed by atoms with Crippen LogP contribution in [0.4, 0.5) is 11.4 Å². The molecule has 3 rings (SSSR count). The van der Waals surface area contributed by atoms with Gasteiger partial charge in [-0.3, -0.25) is 10.1 Å². The predicted molar refractivity (Wildman–Crippen MR) is 77.7 cm³/mol. The van der Waals surface area contributed by atoms with Gasteiger partial charge >= 0.3 is 11.7 Å². The van der Waals surface area contributed by atoms with Crippen molar-refractivity contribution in [3.8, 4) is 0 Å². The molecule has 1 aromatic carbocycles. The number of para-hydroxylation sites is 1. The first-order chi connectivity index (χ1) is 10.1. The summed E-state index contributed by atoms with van der Waals surface area (Å²) in [6, 6.07) is 4.57. The van der Waals surface area contributed by atoms with Gasteiger partial charge in [0.25, 0.3) is 0 Å². The van der Waals surface area contributed by atoms with E-state index in [-0.39, 0.29) is 11.3 Å². The molecule has 6 nitrogen and oxygen atoms in total. The molecule has 2 aliphatic rings. The van der Waals surface area contributed by atoms with Crippen molar-refractivity contribution in [1.29, 1.82) is 0 Å². The van der Waals surface area contributed by atoms with Crippen LogP contribution in [0, 0.1) is 22.0 Å². The Kier molecular flexibility index (Phi) is 3.53. The minimum Gasteiger partial charge on any atom is -0.477 e. The van der Waals surface area contributed by atoms with E-state index >= 15 is 0 Å². The number of carboxylic acids is 1. The Labute approximate surface area is 122 Å². The first-order valence-corrected chi connectivity index (χ1v) is 7.32. The molecule has 6 heteroatoms. The zero-order chi connectivity index (χ0) is 15.0. The Morgan fingerprint density at radius 3 is 2.24 bits per heavy atom. The maximum atomic E-state index is 11.4. The van der Waals surface area contributed by atoms with Gasteiger partial charge < -0.3 is 10.0 Å². The molecule has 0 aromatic heterocycles. The number of aromatic carboxylic acids is 1. The first-order valence-electron chi connectivity index (χ1n) is 7.32. The molecular weight excluding hydrogens is 272 g/mol. The topological polar surface area (TPSA) is 83.7 Å². The normalized spacial score (nSPS) is 17.5. The molecule has 21 heavy (non-hydrogen) atoms. The summed E-state index contributed by atoms with van der Waals surface area (Å²) in [4.78, 5) is 24.1. The van der Waals surface area contributed by atoms with Crippen molar-refractivity contribution in [2.24, 2.45) is 11.8 Å². The molecule has 2 saturated carbocycles. The molecule has 0 spiro atoms. The molecule has 0 heterocycles. The number of carbonyl (C=O) groups is 1. The van der Waals surface area contributed by atoms with Crippen LogP contribution in [0.2, 0.25) is 0 Å². The highest BCUT2D eigenvalue weighted by Gasteiger charge is 2.34. The second-order valence-corrected chi connectivity index (χ2v) is 6.03. The number of benzene rings is 1. The summed E-state index contributed by atoms with van der Waals surface area (Å²) in [5.74, 6) is -0.0602. The van der Waals surface area contributed by atoms with E-state index in [9.17, 15) is 20.0 Å². The number of carboxylic acid groups (broad SMARTS) is 1. The molecule has 2 fully saturated rings. The molecule has 1 aromatic rings. The van der Waals surface area contributed by atoms with E-state index in [2.05, 4.69) is 0 Å². The van der Waals surface area contributed by atoms with Crippen LogP contribution < -0.4 is 4.90 Å². The molecule has 0 bridgehead atoms. The lowest BCUT2D eigenvalue weighted by atomic mass is 10.1. The van der Waals surface area contributed by atoms with Gasteiger partial charge in [0.15, 0.2) is 0 Å². The van der Waals surface area contributed by atoms with E-state index in [4.69, 9.17) is 0 Å². The number of hydrogen-bond donors (Lipinski definition) is 1. The zero-order valence-electron chi connectivity index (χ0n) is 11.7. The van der Waals surface area contributed by atoms with Gasteiger partial charge in [0.1, 0.15) is 11.3 Å². The van der Waals surface area contributed by atoms with E-state index in [1.807, 2.05) is 4.90 Å². The largest absolute Gasteiger partial charge is 0.477 e. The van der Waals surface area contributed by atoms with Crippen molar-refractivity contribution >= 4 is 17.3 Å². The van der Waals surface area contributed by atoms with E-state index in [0.717, 1.165) is 38.8 Å². The minimum atomic E-state index is -1.25. The third-order valence-electron chi connectivity index (χ3n) is 4.12. The Morgan fingerprint density at radius 2 is 1.81 bits per heavy atom. The highest BCUT2D eigenvalue weighted by molar-refractivity contribution is 5.95. The molecule has 0 radical (unpaired) electrons. The van der Waals surface area contributed by atoms with E-state index in [1.54, 1.807) is 12.1 Å². The highest BCUT2D eigenvalue weighted by atomic mass is 16.6. The Bertz CT molecular complexity index is 565. The van der Waals surface area contributed by atoms with Crippen molar-refractivity contribution in [1.82, 2.24) is 0 Å². The number of nitro groups is 1. The SMILES string of the molecule is O=C(O)c1cccc(N(CC2CC2)CC2CC2)c1[N+](=O)[O-]. The minimum absolute atomic E-state index is 0.228. The monoisotopic (exact) mass is 290 g/mol. The van der Waals surface area contributed by atoms with Crippen LogP contribution in [0.5, 0.6) is 0 Å². The molecule has 0 atom stereocenters. The van der Waals surface area contributed by atoms with Crippen LogP contribution in [0.1, 0.15) is 36.0 Å². The maximum absolute atomic E-state index is 11.4. The fourth-order valence-electron chi connectivity index (χ4n) is 2.65. The van der Waals surface area contributed by atoms with Crippen LogP contribution in [0.3, 0.4) is 0 Å². The molecule has 0 aliphatic heterocycles. The zero-order valence-corrected chi connectivity index (χ0v) is 11.7. The van der Waals surface area contributed by atoms with Crippen LogP contribution >= 0.6 is 0 Å². The van der Waals surface area contributed by atoms with E-state index in [1.165, 1.54) is 6.07 Å². The van der Waals surface area contributed by atoms with Crippen molar-refractivity contribution in [3.05, 3.63) is 33.9 Å². The summed E-state index contributed by atoms with van der Waals surface area (Å²) in [5, 5.41) is 20.6. The van der Waals surface area contributed by atoms with Gasteiger partial charge in [0, 0.05) is 13.1 Å². The van der Waals surface area contributed by atoms with Gasteiger partial charge in [-0.05, 0) is 49.7 Å². The third-order valence-corrected chi connectivity index (χ3v) is 4.12. The van der Waals surface area contributed by atoms with Crippen molar-refractivity contribution in [3.63, 3.8) is 0 Å². The summed E-state index contributed by atoms with van der Waals surface area (Å²) >= 11 is 0. The van der Waals surface area contributed by atoms with Crippen LogP contribution in [-0.4, -0.2) is 29.1 Å². The van der Waals surface area contributed by atoms with E-state index in [0.29, 0.717) is 17.5 Å². The van der Waals surface area contributed by atoms with Crippen molar-refractivity contribution in [2.75, 3.05) is 18.0 Å². The Hall–Kier alpha value is -2.11.